The van der Waals surface area contributed by atoms with Gasteiger partial charge in [-0.1, -0.05) is 15.9 Å². The Morgan fingerprint density at radius 3 is 2.65 bits per heavy atom. The van der Waals surface area contributed by atoms with Gasteiger partial charge < -0.3 is 10.5 Å². The van der Waals surface area contributed by atoms with Crippen molar-refractivity contribution in [3.05, 3.63) is 18.2 Å². The predicted octanol–water partition coefficient (Wildman–Crippen LogP) is 1.36. The van der Waals surface area contributed by atoms with Gasteiger partial charge in [0, 0.05) is 0 Å². The van der Waals surface area contributed by atoms with Gasteiger partial charge in [0.15, 0.2) is 15.9 Å². The molecule has 6 heteroatoms. The van der Waals surface area contributed by atoms with E-state index < -0.39 is 10.2 Å². The normalized spacial score (nSPS) is 18.5. The molecule has 1 aliphatic rings. The summed E-state index contributed by atoms with van der Waals surface area (Å²) < 4.78 is 4.46. The monoisotopic (exact) mass is 299 g/mol. The molecule has 0 spiro atoms. The van der Waals surface area contributed by atoms with Crippen LogP contribution in [0.2, 0.25) is 0 Å². The first kappa shape index (κ1) is 12.3. The Labute approximate surface area is 108 Å². The summed E-state index contributed by atoms with van der Waals surface area (Å²) in [6.45, 7) is 2.33. The third kappa shape index (κ3) is 2.94. The van der Waals surface area contributed by atoms with E-state index in [4.69, 9.17) is 10.5 Å². The fourth-order valence-corrected chi connectivity index (χ4v) is 1.45. The van der Waals surface area contributed by atoms with Crippen molar-refractivity contribution in [1.82, 2.24) is 9.97 Å². The van der Waals surface area contributed by atoms with E-state index in [-0.39, 0.29) is 0 Å². The van der Waals surface area contributed by atoms with Crippen LogP contribution in [0.1, 0.15) is 25.6 Å². The number of amides is 1. The molecular formula is C11H14BrN3O2. The maximum Gasteiger partial charge on any atom is 0.241 e. The number of hydrogen-bond donors (Lipinski definition) is 1. The third-order valence-corrected chi connectivity index (χ3v) is 3.44. The van der Waals surface area contributed by atoms with Crippen molar-refractivity contribution in [3.63, 3.8) is 0 Å². The van der Waals surface area contributed by atoms with Gasteiger partial charge in [-0.05, 0) is 25.7 Å². The fraction of sp³-hybridized carbons (Fsp3) is 0.545. The minimum Gasteiger partial charge on any atom is -0.490 e. The largest absolute Gasteiger partial charge is 0.490 e. The summed E-state index contributed by atoms with van der Waals surface area (Å²) in [7, 11) is 0. The zero-order valence-corrected chi connectivity index (χ0v) is 11.1. The van der Waals surface area contributed by atoms with Crippen LogP contribution < -0.4 is 10.5 Å². The second-order valence-corrected chi connectivity index (χ2v) is 5.95. The van der Waals surface area contributed by atoms with Gasteiger partial charge in [0.25, 0.3) is 0 Å². The number of aromatic nitrogens is 2. The molecule has 1 unspecified atom stereocenters. The highest BCUT2D eigenvalue weighted by Crippen LogP contribution is 2.30. The van der Waals surface area contributed by atoms with Crippen molar-refractivity contribution < 1.29 is 9.53 Å². The van der Waals surface area contributed by atoms with Crippen molar-refractivity contribution in [3.8, 4) is 5.75 Å². The average molecular weight is 300 g/mol. The molecule has 2 rings (SSSR count). The number of carbonyl (C=O) groups is 1. The van der Waals surface area contributed by atoms with Gasteiger partial charge in [-0.2, -0.15) is 0 Å². The SMILES string of the molecule is CC(Br)(C(N)=O)c1ncc(OCC2CC2)cn1. The Balaban J connectivity index is 2.03. The Hall–Kier alpha value is -1.17. The fourth-order valence-electron chi connectivity index (χ4n) is 1.24. The highest BCUT2D eigenvalue weighted by Gasteiger charge is 2.33. The Bertz CT molecular complexity index is 415. The lowest BCUT2D eigenvalue weighted by atomic mass is 10.1. The van der Waals surface area contributed by atoms with Crippen LogP contribution in [0.3, 0.4) is 0 Å². The van der Waals surface area contributed by atoms with Gasteiger partial charge in [-0.25, -0.2) is 9.97 Å². The first-order chi connectivity index (χ1) is 8.00. The van der Waals surface area contributed by atoms with E-state index in [0.29, 0.717) is 24.1 Å². The number of alkyl halides is 1. The molecule has 1 atom stereocenters. The standard InChI is InChI=1S/C11H14BrN3O2/c1-11(12,9(13)16)10-14-4-8(5-15-10)17-6-7-2-3-7/h4-5,7H,2-3,6H2,1H3,(H2,13,16). The lowest BCUT2D eigenvalue weighted by Crippen LogP contribution is -2.34. The molecule has 17 heavy (non-hydrogen) atoms. The van der Waals surface area contributed by atoms with Crippen LogP contribution in [-0.2, 0) is 9.12 Å². The molecule has 0 radical (unpaired) electrons. The molecule has 1 amide bonds. The van der Waals surface area contributed by atoms with E-state index in [1.54, 1.807) is 19.3 Å². The van der Waals surface area contributed by atoms with Crippen molar-refractivity contribution in [2.45, 2.75) is 24.1 Å². The first-order valence-corrected chi connectivity index (χ1v) is 6.23. The third-order valence-electron chi connectivity index (χ3n) is 2.69. The number of nitrogens with zero attached hydrogens (tertiary/aromatic N) is 2. The van der Waals surface area contributed by atoms with Crippen LogP contribution in [-0.4, -0.2) is 22.5 Å². The minimum absolute atomic E-state index is 0.337. The molecule has 1 aliphatic carbocycles. The number of nitrogens with two attached hydrogens (primary N) is 1. The summed E-state index contributed by atoms with van der Waals surface area (Å²) in [5, 5.41) is 0. The van der Waals surface area contributed by atoms with Crippen LogP contribution in [0.4, 0.5) is 0 Å². The van der Waals surface area contributed by atoms with Crippen molar-refractivity contribution >= 4 is 21.8 Å². The highest BCUT2D eigenvalue weighted by molar-refractivity contribution is 9.10. The lowest BCUT2D eigenvalue weighted by Gasteiger charge is -2.16. The van der Waals surface area contributed by atoms with Crippen molar-refractivity contribution in [2.24, 2.45) is 11.7 Å². The molecule has 1 heterocycles. The van der Waals surface area contributed by atoms with E-state index in [1.807, 2.05) is 0 Å². The predicted molar refractivity (Wildman–Crippen MR) is 65.7 cm³/mol. The van der Waals surface area contributed by atoms with Crippen molar-refractivity contribution in [2.75, 3.05) is 6.61 Å². The van der Waals surface area contributed by atoms with Crippen molar-refractivity contribution in [1.29, 1.82) is 0 Å². The Morgan fingerprint density at radius 1 is 1.59 bits per heavy atom. The summed E-state index contributed by atoms with van der Waals surface area (Å²) in [4.78, 5) is 19.4. The second kappa shape index (κ2) is 4.60. The van der Waals surface area contributed by atoms with Gasteiger partial charge >= 0.3 is 0 Å². The smallest absolute Gasteiger partial charge is 0.241 e. The zero-order valence-electron chi connectivity index (χ0n) is 9.52. The lowest BCUT2D eigenvalue weighted by molar-refractivity contribution is -0.120. The van der Waals surface area contributed by atoms with E-state index in [9.17, 15) is 4.79 Å². The van der Waals surface area contributed by atoms with Gasteiger partial charge in [0.1, 0.15) is 0 Å². The van der Waals surface area contributed by atoms with Gasteiger partial charge in [-0.15, -0.1) is 0 Å². The van der Waals surface area contributed by atoms with Gasteiger partial charge in [-0.3, -0.25) is 4.79 Å². The number of rotatable bonds is 5. The molecule has 0 saturated heterocycles. The minimum atomic E-state index is -1.04. The number of hydrogen-bond acceptors (Lipinski definition) is 4. The molecule has 1 aromatic heterocycles. The topological polar surface area (TPSA) is 78.1 Å². The number of carbonyl (C=O) groups excluding carboxylic acids is 1. The molecule has 1 fully saturated rings. The Morgan fingerprint density at radius 2 is 2.18 bits per heavy atom. The number of halogens is 1. The quantitative estimate of drug-likeness (QED) is 0.833. The van der Waals surface area contributed by atoms with E-state index >= 15 is 0 Å². The first-order valence-electron chi connectivity index (χ1n) is 5.44. The van der Waals surface area contributed by atoms with Crippen LogP contribution in [0.25, 0.3) is 0 Å². The molecule has 1 saturated carbocycles. The molecule has 5 nitrogen and oxygen atoms in total. The highest BCUT2D eigenvalue weighted by atomic mass is 79.9. The maximum atomic E-state index is 11.2. The maximum absolute atomic E-state index is 11.2. The summed E-state index contributed by atoms with van der Waals surface area (Å²) >= 11 is 3.21. The summed E-state index contributed by atoms with van der Waals surface area (Å²) in [5.41, 5.74) is 5.25. The van der Waals surface area contributed by atoms with E-state index in [0.717, 1.165) is 0 Å². The van der Waals surface area contributed by atoms with Crippen LogP contribution >= 0.6 is 15.9 Å². The molecule has 92 valence electrons. The average Bonchev–Trinajstić information content (AvgIpc) is 3.10. The summed E-state index contributed by atoms with van der Waals surface area (Å²) in [6, 6.07) is 0. The second-order valence-electron chi connectivity index (χ2n) is 4.36. The molecule has 2 N–H and O–H groups in total. The molecule has 1 aromatic rings. The van der Waals surface area contributed by atoms with Crippen LogP contribution in [0.5, 0.6) is 5.75 Å². The van der Waals surface area contributed by atoms with Gasteiger partial charge in [0.2, 0.25) is 5.91 Å². The van der Waals surface area contributed by atoms with E-state index in [1.165, 1.54) is 12.8 Å². The van der Waals surface area contributed by atoms with Crippen LogP contribution in [0, 0.1) is 5.92 Å². The molecular weight excluding hydrogens is 286 g/mol. The van der Waals surface area contributed by atoms with E-state index in [2.05, 4.69) is 25.9 Å². The molecule has 0 aliphatic heterocycles. The number of ether oxygens (including phenoxy) is 1. The molecule has 0 bridgehead atoms. The van der Waals surface area contributed by atoms with Crippen LogP contribution in [0.15, 0.2) is 12.4 Å². The summed E-state index contributed by atoms with van der Waals surface area (Å²) in [5.74, 6) is 1.11. The summed E-state index contributed by atoms with van der Waals surface area (Å²) in [6.07, 6.45) is 5.60. The Kier molecular flexibility index (Phi) is 3.33. The molecule has 0 aromatic carbocycles. The van der Waals surface area contributed by atoms with Gasteiger partial charge in [0.05, 0.1) is 19.0 Å². The number of primary amides is 1. The zero-order chi connectivity index (χ0) is 12.5.